The highest BCUT2D eigenvalue weighted by molar-refractivity contribution is 5.85. The zero-order chi connectivity index (χ0) is 33.9. The van der Waals surface area contributed by atoms with Crippen LogP contribution in [0.1, 0.15) is 117 Å². The second-order valence-corrected chi connectivity index (χ2v) is 12.3. The van der Waals surface area contributed by atoms with Crippen molar-refractivity contribution in [2.45, 2.75) is 120 Å². The normalized spacial score (nSPS) is 15.2. The Balaban J connectivity index is 0.000000601. The number of aliphatic carboxylic acids is 1. The summed E-state index contributed by atoms with van der Waals surface area (Å²) in [6.07, 6.45) is 17.4. The van der Waals surface area contributed by atoms with E-state index in [-0.39, 0.29) is 5.97 Å². The van der Waals surface area contributed by atoms with Crippen LogP contribution in [0.25, 0.3) is 0 Å². The molecule has 1 aromatic carbocycles. The fourth-order valence-electron chi connectivity index (χ4n) is 5.06. The van der Waals surface area contributed by atoms with Crippen molar-refractivity contribution in [3.8, 4) is 11.5 Å². The molecule has 2 fully saturated rings. The minimum absolute atomic E-state index is 0.244. The Morgan fingerprint density at radius 3 is 2.18 bits per heavy atom. The van der Waals surface area contributed by atoms with Crippen LogP contribution in [-0.2, 0) is 20.7 Å². The Labute approximate surface area is 273 Å². The van der Waals surface area contributed by atoms with Crippen molar-refractivity contribution < 1.29 is 28.9 Å². The van der Waals surface area contributed by atoms with Crippen LogP contribution in [0.4, 0.5) is 0 Å². The van der Waals surface area contributed by atoms with E-state index in [0.717, 1.165) is 42.2 Å². The van der Waals surface area contributed by atoms with Crippen LogP contribution in [-0.4, -0.2) is 30.8 Å². The van der Waals surface area contributed by atoms with Gasteiger partial charge in [0.1, 0.15) is 17.3 Å². The number of carboxylic acid groups (broad SMARTS) is 1. The third-order valence-electron chi connectivity index (χ3n) is 8.12. The summed E-state index contributed by atoms with van der Waals surface area (Å²) in [7, 11) is 1.72. The summed E-state index contributed by atoms with van der Waals surface area (Å²) in [5.41, 5.74) is 5.14. The number of rotatable bonds is 16. The Bertz CT molecular complexity index is 1180. The summed E-state index contributed by atoms with van der Waals surface area (Å²) >= 11 is 0. The molecule has 1 aromatic rings. The topological polar surface area (TPSA) is 82.1 Å². The molecule has 6 nitrogen and oxygen atoms in total. The molecule has 0 amide bonds. The maximum absolute atomic E-state index is 10.9. The Hall–Kier alpha value is -3.28. The first-order chi connectivity index (χ1) is 21.4. The van der Waals surface area contributed by atoms with Crippen molar-refractivity contribution in [3.05, 3.63) is 70.5 Å². The average molecular weight is 625 g/mol. The van der Waals surface area contributed by atoms with Crippen LogP contribution in [0.2, 0.25) is 0 Å². The maximum atomic E-state index is 10.9. The third-order valence-corrected chi connectivity index (χ3v) is 8.12. The molecule has 1 N–H and O–H groups in total. The van der Waals surface area contributed by atoms with Crippen LogP contribution in [0.15, 0.2) is 59.4 Å². The molecule has 0 unspecified atom stereocenters. The fraction of sp³-hybridized carbons (Fsp3) is 0.590. The summed E-state index contributed by atoms with van der Waals surface area (Å²) in [5, 5.41) is 8.55. The molecule has 0 radical (unpaired) electrons. The van der Waals surface area contributed by atoms with Gasteiger partial charge < -0.3 is 19.3 Å². The molecule has 3 rings (SSSR count). The van der Waals surface area contributed by atoms with Gasteiger partial charge in [0.2, 0.25) is 0 Å². The molecule has 6 heteroatoms. The largest absolute Gasteiger partial charge is 0.496 e. The minimum Gasteiger partial charge on any atom is -0.496 e. The Kier molecular flexibility index (Phi) is 18.9. The molecule has 45 heavy (non-hydrogen) atoms. The summed E-state index contributed by atoms with van der Waals surface area (Å²) in [6, 6.07) is 4.12. The van der Waals surface area contributed by atoms with Crippen molar-refractivity contribution in [2.24, 2.45) is 17.8 Å². The predicted molar refractivity (Wildman–Crippen MR) is 186 cm³/mol. The average Bonchev–Trinajstić information content (AvgIpc) is 3.82. The lowest BCUT2D eigenvalue weighted by Crippen LogP contribution is -2.10. The first-order valence-electron chi connectivity index (χ1n) is 16.9. The second-order valence-electron chi connectivity index (χ2n) is 12.3. The molecule has 2 saturated carbocycles. The van der Waals surface area contributed by atoms with E-state index < -0.39 is 5.97 Å². The van der Waals surface area contributed by atoms with Crippen LogP contribution < -0.4 is 9.47 Å². The fourth-order valence-corrected chi connectivity index (χ4v) is 5.06. The van der Waals surface area contributed by atoms with Gasteiger partial charge in [-0.15, -0.1) is 0 Å². The number of aryl methyl sites for hydroxylation is 1. The summed E-state index contributed by atoms with van der Waals surface area (Å²) in [6.45, 7) is 20.2. The van der Waals surface area contributed by atoms with Crippen LogP contribution >= 0.6 is 0 Å². The number of hydrogen-bond acceptors (Lipinski definition) is 5. The second kappa shape index (κ2) is 21.5. The molecule has 2 aliphatic rings. The van der Waals surface area contributed by atoms with E-state index in [2.05, 4.69) is 39.5 Å². The Morgan fingerprint density at radius 1 is 1.02 bits per heavy atom. The molecule has 0 atom stereocenters. The molecular weight excluding hydrogens is 564 g/mol. The summed E-state index contributed by atoms with van der Waals surface area (Å²) < 4.78 is 16.9. The van der Waals surface area contributed by atoms with Gasteiger partial charge in [0.25, 0.3) is 0 Å². The Morgan fingerprint density at radius 2 is 1.67 bits per heavy atom. The van der Waals surface area contributed by atoms with Gasteiger partial charge in [0.15, 0.2) is 0 Å². The summed E-state index contributed by atoms with van der Waals surface area (Å²) in [5.74, 6) is 3.35. The predicted octanol–water partition coefficient (Wildman–Crippen LogP) is 10.3. The molecule has 2 aliphatic carbocycles. The molecular formula is C39H60O6. The molecule has 252 valence electrons. The van der Waals surface area contributed by atoms with E-state index in [1.54, 1.807) is 14.0 Å². The standard InChI is InChI=1S/C27H38O4.C10H16O2.C2H6/c1-18(2)10-11-24-14-15-26(21(5)27(24)29-7)31-20(4)17-25(23-12-13-23)19(3)9-8-16-30-22(6)28;1-8(10(11)12)4-2-5-9-6-3-7-9;1-2/h9,14-15,17-18,23H,4,8,10-13,16H2,1-3,5-7H3;4,9H,2-3,5-7H2,1H3,(H,11,12);1-2H3/b19-9-,25-17+;8-4-;. The van der Waals surface area contributed by atoms with Gasteiger partial charge in [-0.2, -0.15) is 0 Å². The van der Waals surface area contributed by atoms with Crippen molar-refractivity contribution in [2.75, 3.05) is 13.7 Å². The zero-order valence-electron chi connectivity index (χ0n) is 29.6. The molecule has 0 aromatic heterocycles. The molecule has 0 saturated heterocycles. The monoisotopic (exact) mass is 624 g/mol. The van der Waals surface area contributed by atoms with Crippen molar-refractivity contribution in [1.29, 1.82) is 0 Å². The number of benzene rings is 1. The van der Waals surface area contributed by atoms with E-state index in [0.29, 0.717) is 36.2 Å². The number of carbonyl (C=O) groups is 2. The number of esters is 1. The van der Waals surface area contributed by atoms with Crippen molar-refractivity contribution >= 4 is 11.9 Å². The van der Waals surface area contributed by atoms with E-state index in [4.69, 9.17) is 19.3 Å². The highest BCUT2D eigenvalue weighted by Gasteiger charge is 2.27. The summed E-state index contributed by atoms with van der Waals surface area (Å²) in [4.78, 5) is 21.3. The molecule has 0 aliphatic heterocycles. The third kappa shape index (κ3) is 15.5. The number of ether oxygens (including phenoxy) is 3. The van der Waals surface area contributed by atoms with Crippen LogP contribution in [0, 0.1) is 24.7 Å². The van der Waals surface area contributed by atoms with Gasteiger partial charge in [-0.05, 0) is 100 Å². The highest BCUT2D eigenvalue weighted by atomic mass is 16.5. The lowest BCUT2D eigenvalue weighted by Gasteiger charge is -2.24. The SMILES string of the molecule is C/C(=C/CCC1CCC1)C(=O)O.C=C(/C=C(\C(C)=C/CCOC(C)=O)C1CC1)Oc1ccc(CCC(C)C)c(OC)c1C.CC. The quantitative estimate of drug-likeness (QED) is 0.0648. The van der Waals surface area contributed by atoms with Gasteiger partial charge in [0, 0.05) is 24.5 Å². The smallest absolute Gasteiger partial charge is 0.330 e. The number of methoxy groups -OCH3 is 1. The number of carboxylic acids is 1. The van der Waals surface area contributed by atoms with Crippen LogP contribution in [0.3, 0.4) is 0 Å². The first kappa shape index (κ1) is 39.7. The van der Waals surface area contributed by atoms with Gasteiger partial charge in [-0.1, -0.05) is 77.3 Å². The van der Waals surface area contributed by atoms with E-state index in [9.17, 15) is 9.59 Å². The van der Waals surface area contributed by atoms with E-state index >= 15 is 0 Å². The van der Waals surface area contributed by atoms with Gasteiger partial charge in [0.05, 0.1) is 13.7 Å². The molecule has 0 bridgehead atoms. The van der Waals surface area contributed by atoms with Crippen molar-refractivity contribution in [1.82, 2.24) is 0 Å². The van der Waals surface area contributed by atoms with E-state index in [1.165, 1.54) is 62.2 Å². The van der Waals surface area contributed by atoms with Gasteiger partial charge in [-0.25, -0.2) is 4.79 Å². The van der Waals surface area contributed by atoms with Gasteiger partial charge >= 0.3 is 11.9 Å². The lowest BCUT2D eigenvalue weighted by atomic mass is 9.82. The molecule has 0 heterocycles. The molecule has 0 spiro atoms. The minimum atomic E-state index is -0.788. The van der Waals surface area contributed by atoms with Crippen molar-refractivity contribution in [3.63, 3.8) is 0 Å². The zero-order valence-corrected chi connectivity index (χ0v) is 29.6. The number of carbonyl (C=O) groups excluding carboxylic acids is 1. The first-order valence-corrected chi connectivity index (χ1v) is 16.9. The number of allylic oxidation sites excluding steroid dienone is 4. The highest BCUT2D eigenvalue weighted by Crippen LogP contribution is 2.41. The maximum Gasteiger partial charge on any atom is 0.330 e. The van der Waals surface area contributed by atoms with Crippen LogP contribution in [0.5, 0.6) is 11.5 Å². The number of hydrogen-bond donors (Lipinski definition) is 1. The lowest BCUT2D eigenvalue weighted by molar-refractivity contribution is -0.140. The van der Waals surface area contributed by atoms with Gasteiger partial charge in [-0.3, -0.25) is 4.79 Å². The van der Waals surface area contributed by atoms with E-state index in [1.807, 2.05) is 39.0 Å².